The molecule has 5 aliphatic rings. The molecule has 1 heterocycles. The summed E-state index contributed by atoms with van der Waals surface area (Å²) in [5, 5.41) is 21.9. The summed E-state index contributed by atoms with van der Waals surface area (Å²) in [7, 11) is 0. The second kappa shape index (κ2) is 9.84. The lowest BCUT2D eigenvalue weighted by atomic mass is 9.44. The minimum atomic E-state index is -2.03. The van der Waals surface area contributed by atoms with Crippen LogP contribution in [0.25, 0.3) is 0 Å². The molecule has 7 nitrogen and oxygen atoms in total. The maximum Gasteiger partial charge on any atom is 0.193 e. The zero-order valence-electron chi connectivity index (χ0n) is 24.2. The average molecular weight is 606 g/mol. The van der Waals surface area contributed by atoms with Crippen molar-refractivity contribution < 1.29 is 33.7 Å². The molecule has 4 N–H and O–H groups in total. The topological polar surface area (TPSA) is 119 Å². The van der Waals surface area contributed by atoms with Crippen LogP contribution >= 0.6 is 11.8 Å². The van der Waals surface area contributed by atoms with Gasteiger partial charge >= 0.3 is 0 Å². The van der Waals surface area contributed by atoms with E-state index in [1.54, 1.807) is 24.8 Å². The average Bonchev–Trinajstić information content (AvgIpc) is 3.47. The lowest BCUT2D eigenvalue weighted by Gasteiger charge is -2.62. The third kappa shape index (κ3) is 3.88. The van der Waals surface area contributed by atoms with E-state index in [2.05, 4.69) is 0 Å². The molecule has 1 aliphatic heterocycles. The normalized spacial score (nSPS) is 41.2. The van der Waals surface area contributed by atoms with Gasteiger partial charge in [-0.3, -0.25) is 9.59 Å². The molecule has 7 rings (SSSR count). The van der Waals surface area contributed by atoms with Gasteiger partial charge in [-0.25, -0.2) is 4.39 Å². The highest BCUT2D eigenvalue weighted by Gasteiger charge is 2.79. The van der Waals surface area contributed by atoms with Crippen LogP contribution in [0.4, 0.5) is 10.1 Å². The zero-order chi connectivity index (χ0) is 30.4. The van der Waals surface area contributed by atoms with Crippen LogP contribution in [0.1, 0.15) is 51.4 Å². The van der Waals surface area contributed by atoms with Crippen molar-refractivity contribution in [2.45, 2.75) is 79.1 Å². The minimum absolute atomic E-state index is 0.0383. The number of benzene rings is 2. The van der Waals surface area contributed by atoms with Crippen LogP contribution in [0.15, 0.2) is 82.1 Å². The highest BCUT2D eigenvalue weighted by Crippen LogP contribution is 2.72. The molecular formula is C34H36FNO6S. The van der Waals surface area contributed by atoms with Crippen molar-refractivity contribution >= 4 is 29.0 Å². The molecular weight excluding hydrogens is 569 g/mol. The van der Waals surface area contributed by atoms with E-state index >= 15 is 4.39 Å². The fourth-order valence-electron chi connectivity index (χ4n) is 9.13. The lowest BCUT2D eigenvalue weighted by Crippen LogP contribution is -2.69. The number of rotatable bonds is 5. The third-order valence-corrected chi connectivity index (χ3v) is 12.2. The maximum atomic E-state index is 17.5. The van der Waals surface area contributed by atoms with Gasteiger partial charge in [0.1, 0.15) is 6.61 Å². The van der Waals surface area contributed by atoms with E-state index in [4.69, 9.17) is 15.2 Å². The summed E-state index contributed by atoms with van der Waals surface area (Å²) in [4.78, 5) is 27.9. The van der Waals surface area contributed by atoms with Crippen molar-refractivity contribution in [2.24, 2.45) is 22.7 Å². The van der Waals surface area contributed by atoms with Crippen molar-refractivity contribution in [3.8, 4) is 0 Å². The monoisotopic (exact) mass is 605 g/mol. The molecule has 2 aromatic rings. The van der Waals surface area contributed by atoms with Crippen LogP contribution in [0, 0.1) is 22.7 Å². The number of nitrogens with two attached hydrogens (primary N) is 1. The largest absolute Gasteiger partial charge is 0.399 e. The van der Waals surface area contributed by atoms with E-state index < -0.39 is 58.9 Å². The van der Waals surface area contributed by atoms with Crippen molar-refractivity contribution in [3.63, 3.8) is 0 Å². The number of carbonyl (C=O) groups is 2. The summed E-state index contributed by atoms with van der Waals surface area (Å²) >= 11 is 1.57. The number of hydrogen-bond donors (Lipinski definition) is 3. The SMILES string of the molecule is CC12C=CC(=O)C=C1CCC1C3CC4OC(c5ccc(Sc6cccc(N)c6)cc5)OC4(C(=O)CO)C3(C)CC(O)C12F. The molecule has 4 fully saturated rings. The zero-order valence-corrected chi connectivity index (χ0v) is 25.0. The predicted octanol–water partition coefficient (Wildman–Crippen LogP) is 5.11. The number of halogens is 1. The molecule has 0 radical (unpaired) electrons. The Morgan fingerprint density at radius 1 is 1.14 bits per heavy atom. The molecule has 0 spiro atoms. The van der Waals surface area contributed by atoms with Gasteiger partial charge < -0.3 is 25.4 Å². The van der Waals surface area contributed by atoms with Crippen LogP contribution in [0.2, 0.25) is 0 Å². The Bertz CT molecular complexity index is 1560. The smallest absolute Gasteiger partial charge is 0.193 e. The third-order valence-electron chi connectivity index (χ3n) is 11.2. The number of Topliss-reactive ketones (excluding diaryl/α,β-unsaturated/α-hetero) is 1. The number of nitrogen functional groups attached to an aromatic ring is 1. The number of aliphatic hydroxyl groups is 2. The Hall–Kier alpha value is -2.82. The number of alkyl halides is 1. The summed E-state index contributed by atoms with van der Waals surface area (Å²) in [5.41, 5.74) is 2.34. The van der Waals surface area contributed by atoms with Crippen LogP contribution in [-0.2, 0) is 19.1 Å². The first-order valence-electron chi connectivity index (χ1n) is 14.9. The molecule has 9 atom stereocenters. The molecule has 9 heteroatoms. The first-order chi connectivity index (χ1) is 20.5. The summed E-state index contributed by atoms with van der Waals surface area (Å²) < 4.78 is 30.6. The Morgan fingerprint density at radius 2 is 1.91 bits per heavy atom. The molecule has 1 saturated heterocycles. The van der Waals surface area contributed by atoms with E-state index in [1.165, 1.54) is 12.2 Å². The number of hydrogen-bond acceptors (Lipinski definition) is 8. The van der Waals surface area contributed by atoms with Gasteiger partial charge in [-0.05, 0) is 81.0 Å². The first-order valence-corrected chi connectivity index (χ1v) is 15.7. The molecule has 0 bridgehead atoms. The first kappa shape index (κ1) is 28.9. The molecule has 0 aromatic heterocycles. The second-order valence-electron chi connectivity index (χ2n) is 13.1. The molecule has 43 heavy (non-hydrogen) atoms. The van der Waals surface area contributed by atoms with Gasteiger partial charge in [-0.1, -0.05) is 48.5 Å². The number of fused-ring (bicyclic) bond motifs is 7. The highest BCUT2D eigenvalue weighted by molar-refractivity contribution is 7.99. The van der Waals surface area contributed by atoms with Crippen LogP contribution in [-0.4, -0.2) is 51.9 Å². The van der Waals surface area contributed by atoms with E-state index in [-0.39, 0.29) is 18.1 Å². The van der Waals surface area contributed by atoms with E-state index in [0.717, 1.165) is 15.4 Å². The second-order valence-corrected chi connectivity index (χ2v) is 14.3. The van der Waals surface area contributed by atoms with Gasteiger partial charge in [0.25, 0.3) is 0 Å². The number of allylic oxidation sites excluding steroid dienone is 4. The van der Waals surface area contributed by atoms with Gasteiger partial charge in [-0.15, -0.1) is 0 Å². The van der Waals surface area contributed by atoms with Gasteiger partial charge in [0.15, 0.2) is 29.1 Å². The molecule has 4 aliphatic carbocycles. The molecule has 3 saturated carbocycles. The standard InChI is InChI=1S/C34H36FNO6S/c1-31-13-12-22(38)14-20(31)8-11-25-26-16-29-34(28(40)18-37,32(26,2)17-27(39)33(25,31)35)42-30(41-29)19-6-9-23(10-7-19)43-24-5-3-4-21(36)15-24/h3-7,9-10,12-15,25-27,29-30,37,39H,8,11,16-18,36H2,1-2H3. The van der Waals surface area contributed by atoms with Gasteiger partial charge in [0, 0.05) is 37.8 Å². The summed E-state index contributed by atoms with van der Waals surface area (Å²) in [6.45, 7) is 2.91. The van der Waals surface area contributed by atoms with Gasteiger partial charge in [-0.2, -0.15) is 0 Å². The number of carbonyl (C=O) groups excluding carboxylic acids is 2. The Balaban J connectivity index is 1.20. The van der Waals surface area contributed by atoms with E-state index in [9.17, 15) is 19.8 Å². The van der Waals surface area contributed by atoms with Crippen molar-refractivity contribution in [2.75, 3.05) is 12.3 Å². The van der Waals surface area contributed by atoms with Crippen molar-refractivity contribution in [3.05, 3.63) is 77.9 Å². The highest BCUT2D eigenvalue weighted by atomic mass is 32.2. The summed E-state index contributed by atoms with van der Waals surface area (Å²) in [6.07, 6.45) is 2.81. The van der Waals surface area contributed by atoms with Crippen molar-refractivity contribution in [1.29, 1.82) is 0 Å². The Kier molecular flexibility index (Phi) is 6.62. The Labute approximate surface area is 254 Å². The van der Waals surface area contributed by atoms with Crippen LogP contribution in [0.3, 0.4) is 0 Å². The summed E-state index contributed by atoms with van der Waals surface area (Å²) in [6, 6.07) is 15.3. The number of anilines is 1. The van der Waals surface area contributed by atoms with Crippen LogP contribution in [0.5, 0.6) is 0 Å². The summed E-state index contributed by atoms with van der Waals surface area (Å²) in [5.74, 6) is -1.62. The Morgan fingerprint density at radius 3 is 2.63 bits per heavy atom. The number of ketones is 2. The molecule has 0 amide bonds. The number of ether oxygens (including phenoxy) is 2. The maximum absolute atomic E-state index is 17.5. The fourth-order valence-corrected chi connectivity index (χ4v) is 10.0. The van der Waals surface area contributed by atoms with Gasteiger partial charge in [0.2, 0.25) is 0 Å². The van der Waals surface area contributed by atoms with Gasteiger partial charge in [0.05, 0.1) is 12.2 Å². The predicted molar refractivity (Wildman–Crippen MR) is 159 cm³/mol. The quantitative estimate of drug-likeness (QED) is 0.402. The molecule has 2 aromatic carbocycles. The van der Waals surface area contributed by atoms with Crippen molar-refractivity contribution in [1.82, 2.24) is 0 Å². The number of aliphatic hydroxyl groups excluding tert-OH is 2. The fraction of sp³-hybridized carbons (Fsp3) is 0.471. The van der Waals surface area contributed by atoms with E-state index in [1.807, 2.05) is 55.5 Å². The molecule has 9 unspecified atom stereocenters. The van der Waals surface area contributed by atoms with E-state index in [0.29, 0.717) is 30.5 Å². The molecule has 226 valence electrons. The lowest BCUT2D eigenvalue weighted by molar-refractivity contribution is -0.231. The van der Waals surface area contributed by atoms with Crippen LogP contribution < -0.4 is 5.73 Å². The minimum Gasteiger partial charge on any atom is -0.399 e.